The summed E-state index contributed by atoms with van der Waals surface area (Å²) in [6.45, 7) is 3.18. The number of hydrogen-bond donors (Lipinski definition) is 1. The zero-order valence-electron chi connectivity index (χ0n) is 10.3. The second-order valence-corrected chi connectivity index (χ2v) is 4.83. The number of allylic oxidation sites excluding steroid dienone is 2. The maximum atomic E-state index is 12.8. The Balaban J connectivity index is 1.82. The third kappa shape index (κ3) is 3.67. The molecule has 1 aromatic rings. The molecule has 2 atom stereocenters. The monoisotopic (exact) mass is 233 g/mol. The van der Waals surface area contributed by atoms with Crippen LogP contribution in [0.2, 0.25) is 0 Å². The second-order valence-electron chi connectivity index (χ2n) is 4.83. The number of nitrogens with one attached hydrogen (secondary N) is 1. The van der Waals surface area contributed by atoms with Gasteiger partial charge >= 0.3 is 0 Å². The van der Waals surface area contributed by atoms with Gasteiger partial charge in [-0.3, -0.25) is 0 Å². The van der Waals surface area contributed by atoms with Crippen molar-refractivity contribution in [3.05, 3.63) is 47.8 Å². The third-order valence-electron chi connectivity index (χ3n) is 3.46. The summed E-state index contributed by atoms with van der Waals surface area (Å²) in [7, 11) is 0. The summed E-state index contributed by atoms with van der Waals surface area (Å²) in [4.78, 5) is 0. The van der Waals surface area contributed by atoms with Crippen molar-refractivity contribution in [2.24, 2.45) is 5.92 Å². The Morgan fingerprint density at radius 2 is 2.06 bits per heavy atom. The van der Waals surface area contributed by atoms with Gasteiger partial charge in [-0.25, -0.2) is 4.39 Å². The molecule has 0 fully saturated rings. The van der Waals surface area contributed by atoms with Gasteiger partial charge in [-0.2, -0.15) is 0 Å². The molecule has 0 radical (unpaired) electrons. The van der Waals surface area contributed by atoms with E-state index >= 15 is 0 Å². The predicted octanol–water partition coefficient (Wildman–Crippen LogP) is 3.83. The Morgan fingerprint density at radius 1 is 1.29 bits per heavy atom. The molecule has 2 heteroatoms. The molecule has 1 aliphatic rings. The van der Waals surface area contributed by atoms with Crippen LogP contribution in [0.3, 0.4) is 0 Å². The summed E-state index contributed by atoms with van der Waals surface area (Å²) in [5.74, 6) is 0.585. The van der Waals surface area contributed by atoms with E-state index in [4.69, 9.17) is 0 Å². The summed E-state index contributed by atoms with van der Waals surface area (Å²) in [6, 6.07) is 7.05. The first kappa shape index (κ1) is 12.3. The molecule has 1 aromatic carbocycles. The molecule has 0 amide bonds. The zero-order valence-corrected chi connectivity index (χ0v) is 10.3. The van der Waals surface area contributed by atoms with Crippen LogP contribution in [-0.4, -0.2) is 6.54 Å². The van der Waals surface area contributed by atoms with Crippen LogP contribution in [0.5, 0.6) is 0 Å². The molecule has 0 aromatic heterocycles. The van der Waals surface area contributed by atoms with Gasteiger partial charge in [0.15, 0.2) is 0 Å². The average molecular weight is 233 g/mol. The first-order valence-corrected chi connectivity index (χ1v) is 6.39. The lowest BCUT2D eigenvalue weighted by molar-refractivity contribution is 0.415. The molecule has 0 bridgehead atoms. The third-order valence-corrected chi connectivity index (χ3v) is 3.46. The van der Waals surface area contributed by atoms with Crippen LogP contribution in [0.15, 0.2) is 36.4 Å². The van der Waals surface area contributed by atoms with Crippen molar-refractivity contribution in [3.8, 4) is 0 Å². The number of rotatable bonds is 4. The average Bonchev–Trinajstić information content (AvgIpc) is 2.38. The Hall–Kier alpha value is -1.15. The van der Waals surface area contributed by atoms with Gasteiger partial charge in [-0.15, -0.1) is 0 Å². The summed E-state index contributed by atoms with van der Waals surface area (Å²) in [5.41, 5.74) is 1.15. The van der Waals surface area contributed by atoms with Gasteiger partial charge < -0.3 is 5.32 Å². The topological polar surface area (TPSA) is 12.0 Å². The van der Waals surface area contributed by atoms with E-state index in [1.165, 1.54) is 31.4 Å². The first-order valence-electron chi connectivity index (χ1n) is 6.39. The van der Waals surface area contributed by atoms with Crippen molar-refractivity contribution in [2.45, 2.75) is 32.2 Å². The summed E-state index contributed by atoms with van der Waals surface area (Å²) >= 11 is 0. The van der Waals surface area contributed by atoms with E-state index < -0.39 is 0 Å². The highest BCUT2D eigenvalue weighted by Crippen LogP contribution is 2.19. The lowest BCUT2D eigenvalue weighted by Crippen LogP contribution is -2.26. The van der Waals surface area contributed by atoms with Crippen LogP contribution in [0, 0.1) is 11.7 Å². The van der Waals surface area contributed by atoms with Gasteiger partial charge in [0.1, 0.15) is 5.82 Å². The quantitative estimate of drug-likeness (QED) is 0.779. The van der Waals surface area contributed by atoms with Crippen LogP contribution >= 0.6 is 0 Å². The number of halogens is 1. The summed E-state index contributed by atoms with van der Waals surface area (Å²) in [6.07, 6.45) is 8.21. The molecule has 0 spiro atoms. The standard InChI is InChI=1S/C15H20FN/c1-12(14-7-9-15(16)10-8-14)17-11-13-5-3-2-4-6-13/h2-3,7-10,12-13,17H,4-6,11H2,1H3. The lowest BCUT2D eigenvalue weighted by Gasteiger charge is -2.21. The Kier molecular flexibility index (Phi) is 4.32. The summed E-state index contributed by atoms with van der Waals surface area (Å²) in [5, 5.41) is 3.53. The van der Waals surface area contributed by atoms with E-state index in [1.54, 1.807) is 0 Å². The lowest BCUT2D eigenvalue weighted by atomic mass is 9.94. The first-order chi connectivity index (χ1) is 8.25. The van der Waals surface area contributed by atoms with Crippen molar-refractivity contribution in [1.29, 1.82) is 0 Å². The molecule has 0 saturated carbocycles. The molecule has 0 heterocycles. The normalized spacial score (nSPS) is 21.4. The van der Waals surface area contributed by atoms with E-state index in [2.05, 4.69) is 24.4 Å². The maximum absolute atomic E-state index is 12.8. The largest absolute Gasteiger partial charge is 0.310 e. The van der Waals surface area contributed by atoms with Crippen molar-refractivity contribution in [3.63, 3.8) is 0 Å². The fourth-order valence-electron chi connectivity index (χ4n) is 2.25. The van der Waals surface area contributed by atoms with Crippen LogP contribution in [0.1, 0.15) is 37.8 Å². The molecular weight excluding hydrogens is 213 g/mol. The van der Waals surface area contributed by atoms with Crippen molar-refractivity contribution in [1.82, 2.24) is 5.32 Å². The van der Waals surface area contributed by atoms with E-state index in [9.17, 15) is 4.39 Å². The van der Waals surface area contributed by atoms with Gasteiger partial charge in [-0.05, 0) is 56.3 Å². The van der Waals surface area contributed by atoms with Crippen molar-refractivity contribution in [2.75, 3.05) is 6.54 Å². The van der Waals surface area contributed by atoms with Crippen LogP contribution in [0.25, 0.3) is 0 Å². The number of benzene rings is 1. The van der Waals surface area contributed by atoms with Crippen LogP contribution < -0.4 is 5.32 Å². The zero-order chi connectivity index (χ0) is 12.1. The van der Waals surface area contributed by atoms with E-state index in [0.717, 1.165) is 18.0 Å². The number of hydrogen-bond acceptors (Lipinski definition) is 1. The predicted molar refractivity (Wildman–Crippen MR) is 69.3 cm³/mol. The molecule has 2 unspecified atom stereocenters. The minimum absolute atomic E-state index is 0.168. The van der Waals surface area contributed by atoms with Crippen LogP contribution in [0.4, 0.5) is 4.39 Å². The van der Waals surface area contributed by atoms with Crippen LogP contribution in [-0.2, 0) is 0 Å². The highest BCUT2D eigenvalue weighted by atomic mass is 19.1. The Labute approximate surface area is 103 Å². The fourth-order valence-corrected chi connectivity index (χ4v) is 2.25. The smallest absolute Gasteiger partial charge is 0.123 e. The van der Waals surface area contributed by atoms with Crippen molar-refractivity contribution < 1.29 is 4.39 Å². The molecular formula is C15H20FN. The molecule has 1 N–H and O–H groups in total. The molecule has 1 aliphatic carbocycles. The SMILES string of the molecule is CC(NCC1CC=CCC1)c1ccc(F)cc1. The van der Waals surface area contributed by atoms with Gasteiger partial charge in [0, 0.05) is 6.04 Å². The molecule has 92 valence electrons. The Morgan fingerprint density at radius 3 is 2.71 bits per heavy atom. The van der Waals surface area contributed by atoms with Gasteiger partial charge in [-0.1, -0.05) is 24.3 Å². The maximum Gasteiger partial charge on any atom is 0.123 e. The second kappa shape index (κ2) is 5.97. The molecule has 17 heavy (non-hydrogen) atoms. The van der Waals surface area contributed by atoms with E-state index in [-0.39, 0.29) is 5.82 Å². The van der Waals surface area contributed by atoms with Gasteiger partial charge in [0.05, 0.1) is 0 Å². The van der Waals surface area contributed by atoms with E-state index in [1.807, 2.05) is 12.1 Å². The van der Waals surface area contributed by atoms with Gasteiger partial charge in [0.25, 0.3) is 0 Å². The highest BCUT2D eigenvalue weighted by Gasteiger charge is 2.11. The van der Waals surface area contributed by atoms with Gasteiger partial charge in [0.2, 0.25) is 0 Å². The minimum Gasteiger partial charge on any atom is -0.310 e. The molecule has 2 rings (SSSR count). The minimum atomic E-state index is -0.168. The van der Waals surface area contributed by atoms with Crippen molar-refractivity contribution >= 4 is 0 Å². The molecule has 0 aliphatic heterocycles. The molecule has 0 saturated heterocycles. The fraction of sp³-hybridized carbons (Fsp3) is 0.467. The summed E-state index contributed by atoms with van der Waals surface area (Å²) < 4.78 is 12.8. The Bertz CT molecular complexity index is 369. The highest BCUT2D eigenvalue weighted by molar-refractivity contribution is 5.19. The molecule has 1 nitrogen and oxygen atoms in total. The van der Waals surface area contributed by atoms with E-state index in [0.29, 0.717) is 6.04 Å².